The maximum absolute atomic E-state index is 11.9. The lowest BCUT2D eigenvalue weighted by Gasteiger charge is -2.20. The van der Waals surface area contributed by atoms with Gasteiger partial charge in [0.15, 0.2) is 0 Å². The van der Waals surface area contributed by atoms with Crippen LogP contribution in [0.4, 0.5) is 5.82 Å². The second-order valence-electron chi connectivity index (χ2n) is 5.94. The minimum absolute atomic E-state index is 0.00717. The normalized spacial score (nSPS) is 20.0. The van der Waals surface area contributed by atoms with E-state index < -0.39 is 0 Å². The van der Waals surface area contributed by atoms with Crippen molar-refractivity contribution in [3.63, 3.8) is 0 Å². The third-order valence-electron chi connectivity index (χ3n) is 3.49. The maximum Gasteiger partial charge on any atom is 0.229 e. The van der Waals surface area contributed by atoms with Gasteiger partial charge in [-0.1, -0.05) is 26.8 Å². The van der Waals surface area contributed by atoms with Crippen molar-refractivity contribution in [1.82, 2.24) is 4.98 Å². The molecule has 2 rings (SSSR count). The highest BCUT2D eigenvalue weighted by Crippen LogP contribution is 2.28. The van der Waals surface area contributed by atoms with Crippen LogP contribution in [0.15, 0.2) is 12.3 Å². The minimum Gasteiger partial charge on any atom is -0.330 e. The zero-order valence-electron chi connectivity index (χ0n) is 11.3. The fraction of sp³-hybridized carbons (Fsp3) is 0.571. The first-order chi connectivity index (χ1) is 8.41. The van der Waals surface area contributed by atoms with Crippen molar-refractivity contribution in [3.8, 4) is 0 Å². The third-order valence-corrected chi connectivity index (χ3v) is 3.49. The molecule has 0 aromatic carbocycles. The summed E-state index contributed by atoms with van der Waals surface area (Å²) in [4.78, 5) is 16.3. The molecule has 1 aliphatic rings. The van der Waals surface area contributed by atoms with E-state index in [4.69, 9.17) is 5.73 Å². The van der Waals surface area contributed by atoms with Crippen molar-refractivity contribution in [2.75, 3.05) is 11.9 Å². The van der Waals surface area contributed by atoms with Crippen LogP contribution in [0.5, 0.6) is 0 Å². The first kappa shape index (κ1) is 13.0. The number of pyridine rings is 1. The fourth-order valence-corrected chi connectivity index (χ4v) is 2.13. The predicted octanol–water partition coefficient (Wildman–Crippen LogP) is 1.84. The van der Waals surface area contributed by atoms with Gasteiger partial charge < -0.3 is 11.1 Å². The molecule has 1 aromatic heterocycles. The zero-order valence-corrected chi connectivity index (χ0v) is 11.3. The average molecular weight is 247 g/mol. The Kier molecular flexibility index (Phi) is 3.39. The number of fused-ring (bicyclic) bond motifs is 1. The number of nitrogens with one attached hydrogen (secondary N) is 1. The molecule has 0 bridgehead atoms. The van der Waals surface area contributed by atoms with Gasteiger partial charge in [-0.2, -0.15) is 0 Å². The Morgan fingerprint density at radius 2 is 2.22 bits per heavy atom. The molecule has 1 unspecified atom stereocenters. The summed E-state index contributed by atoms with van der Waals surface area (Å²) in [6, 6.07) is 2.15. The molecule has 18 heavy (non-hydrogen) atoms. The molecule has 1 atom stereocenters. The molecule has 1 aliphatic heterocycles. The molecule has 0 radical (unpaired) electrons. The van der Waals surface area contributed by atoms with Gasteiger partial charge in [0.25, 0.3) is 0 Å². The van der Waals surface area contributed by atoms with E-state index in [-0.39, 0.29) is 17.2 Å². The smallest absolute Gasteiger partial charge is 0.229 e. The Morgan fingerprint density at radius 3 is 2.83 bits per heavy atom. The summed E-state index contributed by atoms with van der Waals surface area (Å²) in [6.07, 6.45) is 3.50. The van der Waals surface area contributed by atoms with Crippen molar-refractivity contribution < 1.29 is 4.79 Å². The number of nitrogens with two attached hydrogens (primary N) is 1. The third kappa shape index (κ3) is 2.53. The molecule has 3 N–H and O–H groups in total. The Hall–Kier alpha value is -1.42. The van der Waals surface area contributed by atoms with Gasteiger partial charge in [-0.25, -0.2) is 4.98 Å². The van der Waals surface area contributed by atoms with Gasteiger partial charge >= 0.3 is 0 Å². The van der Waals surface area contributed by atoms with Crippen LogP contribution in [0.3, 0.4) is 0 Å². The molecule has 4 heteroatoms. The molecular weight excluding hydrogens is 226 g/mol. The molecule has 0 spiro atoms. The standard InChI is InChI=1S/C14H21N3O/c1-14(2,3)11-6-9-4-5-10(7-15)13(18)17-12(9)16-8-11/h6,8,10H,4-5,7,15H2,1-3H3,(H,16,17,18). The lowest BCUT2D eigenvalue weighted by Crippen LogP contribution is -2.28. The average Bonchev–Trinajstić information content (AvgIpc) is 2.45. The van der Waals surface area contributed by atoms with Crippen molar-refractivity contribution in [2.45, 2.75) is 39.0 Å². The number of anilines is 1. The van der Waals surface area contributed by atoms with Crippen LogP contribution in [0.25, 0.3) is 0 Å². The van der Waals surface area contributed by atoms with E-state index in [0.717, 1.165) is 18.4 Å². The van der Waals surface area contributed by atoms with Crippen LogP contribution in [-0.4, -0.2) is 17.4 Å². The molecule has 0 saturated carbocycles. The van der Waals surface area contributed by atoms with Crippen LogP contribution in [0, 0.1) is 5.92 Å². The maximum atomic E-state index is 11.9. The zero-order chi connectivity index (χ0) is 13.3. The highest BCUT2D eigenvalue weighted by molar-refractivity contribution is 5.93. The SMILES string of the molecule is CC(C)(C)c1cnc2c(c1)CCC(CN)C(=O)N2. The number of hydrogen-bond donors (Lipinski definition) is 2. The monoisotopic (exact) mass is 247 g/mol. The molecular formula is C14H21N3O. The summed E-state index contributed by atoms with van der Waals surface area (Å²) in [5, 5.41) is 2.87. The van der Waals surface area contributed by atoms with E-state index in [9.17, 15) is 4.79 Å². The van der Waals surface area contributed by atoms with E-state index in [1.54, 1.807) is 0 Å². The summed E-state index contributed by atoms with van der Waals surface area (Å²) in [5.41, 5.74) is 8.00. The summed E-state index contributed by atoms with van der Waals surface area (Å²) >= 11 is 0. The minimum atomic E-state index is -0.0997. The molecule has 0 aliphatic carbocycles. The number of carbonyl (C=O) groups excluding carboxylic acids is 1. The number of aromatic nitrogens is 1. The summed E-state index contributed by atoms with van der Waals surface area (Å²) in [5.74, 6) is 0.591. The number of amides is 1. The van der Waals surface area contributed by atoms with E-state index in [2.05, 4.69) is 37.1 Å². The largest absolute Gasteiger partial charge is 0.330 e. The Balaban J connectivity index is 2.33. The van der Waals surface area contributed by atoms with E-state index in [1.165, 1.54) is 5.56 Å². The summed E-state index contributed by atoms with van der Waals surface area (Å²) in [6.45, 7) is 6.88. The lowest BCUT2D eigenvalue weighted by molar-refractivity contribution is -0.119. The lowest BCUT2D eigenvalue weighted by atomic mass is 9.87. The van der Waals surface area contributed by atoms with Crippen molar-refractivity contribution in [1.29, 1.82) is 0 Å². The molecule has 0 fully saturated rings. The predicted molar refractivity (Wildman–Crippen MR) is 72.4 cm³/mol. The highest BCUT2D eigenvalue weighted by atomic mass is 16.2. The van der Waals surface area contributed by atoms with E-state index in [0.29, 0.717) is 12.4 Å². The van der Waals surface area contributed by atoms with Crippen molar-refractivity contribution in [2.24, 2.45) is 11.7 Å². The molecule has 2 heterocycles. The van der Waals surface area contributed by atoms with Gasteiger partial charge in [0.2, 0.25) is 5.91 Å². The van der Waals surface area contributed by atoms with Crippen LogP contribution in [-0.2, 0) is 16.6 Å². The van der Waals surface area contributed by atoms with Gasteiger partial charge in [-0.3, -0.25) is 4.79 Å². The topological polar surface area (TPSA) is 68.0 Å². The van der Waals surface area contributed by atoms with Gasteiger partial charge in [0.1, 0.15) is 5.82 Å². The Bertz CT molecular complexity index is 463. The number of rotatable bonds is 1. The molecule has 1 amide bonds. The van der Waals surface area contributed by atoms with Gasteiger partial charge in [0.05, 0.1) is 5.92 Å². The van der Waals surface area contributed by atoms with Crippen LogP contribution < -0.4 is 11.1 Å². The van der Waals surface area contributed by atoms with Crippen LogP contribution in [0.2, 0.25) is 0 Å². The van der Waals surface area contributed by atoms with E-state index >= 15 is 0 Å². The Labute approximate surface area is 108 Å². The van der Waals surface area contributed by atoms with Crippen LogP contribution in [0.1, 0.15) is 38.3 Å². The van der Waals surface area contributed by atoms with Gasteiger partial charge in [-0.15, -0.1) is 0 Å². The second kappa shape index (κ2) is 4.69. The Morgan fingerprint density at radius 1 is 1.50 bits per heavy atom. The van der Waals surface area contributed by atoms with Crippen LogP contribution >= 0.6 is 0 Å². The number of nitrogens with zero attached hydrogens (tertiary/aromatic N) is 1. The summed E-state index contributed by atoms with van der Waals surface area (Å²) in [7, 11) is 0. The molecule has 98 valence electrons. The molecule has 1 aromatic rings. The fourth-order valence-electron chi connectivity index (χ4n) is 2.13. The van der Waals surface area contributed by atoms with E-state index in [1.807, 2.05) is 6.20 Å². The summed E-state index contributed by atoms with van der Waals surface area (Å²) < 4.78 is 0. The van der Waals surface area contributed by atoms with Gasteiger partial charge in [-0.05, 0) is 29.4 Å². The number of aryl methyl sites for hydroxylation is 1. The number of carbonyl (C=O) groups is 1. The molecule has 4 nitrogen and oxygen atoms in total. The quantitative estimate of drug-likeness (QED) is 0.795. The van der Waals surface area contributed by atoms with Crippen molar-refractivity contribution >= 4 is 11.7 Å². The van der Waals surface area contributed by atoms with Gasteiger partial charge in [0, 0.05) is 12.7 Å². The first-order valence-electron chi connectivity index (χ1n) is 6.42. The first-order valence-corrected chi connectivity index (χ1v) is 6.42. The van der Waals surface area contributed by atoms with Crippen molar-refractivity contribution in [3.05, 3.63) is 23.4 Å². The number of hydrogen-bond acceptors (Lipinski definition) is 3. The highest BCUT2D eigenvalue weighted by Gasteiger charge is 2.24. The molecule has 0 saturated heterocycles. The second-order valence-corrected chi connectivity index (χ2v) is 5.94.